The first-order valence-electron chi connectivity index (χ1n) is 6.94. The van der Waals surface area contributed by atoms with Gasteiger partial charge in [-0.25, -0.2) is 17.9 Å². The largest absolute Gasteiger partial charge is 0.482 e. The van der Waals surface area contributed by atoms with Gasteiger partial charge in [-0.1, -0.05) is 19.3 Å². The topological polar surface area (TPSA) is 92.7 Å². The summed E-state index contributed by atoms with van der Waals surface area (Å²) in [6.07, 6.45) is 5.01. The van der Waals surface area contributed by atoms with E-state index in [9.17, 15) is 13.2 Å². The highest BCUT2D eigenvalue weighted by molar-refractivity contribution is 7.89. The molecule has 0 bridgehead atoms. The van der Waals surface area contributed by atoms with Gasteiger partial charge < -0.3 is 9.84 Å². The smallest absolute Gasteiger partial charge is 0.341 e. The van der Waals surface area contributed by atoms with Gasteiger partial charge in [-0.05, 0) is 37.1 Å². The zero-order valence-corrected chi connectivity index (χ0v) is 12.4. The Bertz CT molecular complexity index is 576. The van der Waals surface area contributed by atoms with Gasteiger partial charge >= 0.3 is 5.97 Å². The highest BCUT2D eigenvalue weighted by Crippen LogP contribution is 2.21. The standard InChI is InChI=1S/C14H19NO5S/c16-14(17)10-20-12-6-8-13(9-7-12)21(18,19)15-11-4-2-1-3-5-11/h6-9,11,15H,1-5,10H2,(H,16,17). The van der Waals surface area contributed by atoms with Crippen LogP contribution in [0.5, 0.6) is 5.75 Å². The molecule has 1 fully saturated rings. The van der Waals surface area contributed by atoms with Crippen molar-refractivity contribution in [2.24, 2.45) is 0 Å². The van der Waals surface area contributed by atoms with E-state index in [0.717, 1.165) is 32.1 Å². The van der Waals surface area contributed by atoms with Gasteiger partial charge in [-0.15, -0.1) is 0 Å². The summed E-state index contributed by atoms with van der Waals surface area (Å²) in [5, 5.41) is 8.51. The minimum atomic E-state index is -3.53. The molecule has 0 aromatic heterocycles. The van der Waals surface area contributed by atoms with Crippen molar-refractivity contribution in [2.75, 3.05) is 6.61 Å². The number of nitrogens with one attached hydrogen (secondary N) is 1. The van der Waals surface area contributed by atoms with E-state index in [1.165, 1.54) is 24.3 Å². The molecule has 1 aliphatic rings. The summed E-state index contributed by atoms with van der Waals surface area (Å²) in [6, 6.07) is 5.76. The number of ether oxygens (including phenoxy) is 1. The van der Waals surface area contributed by atoms with Crippen LogP contribution in [0.25, 0.3) is 0 Å². The van der Waals surface area contributed by atoms with E-state index in [1.807, 2.05) is 0 Å². The Morgan fingerprint density at radius 3 is 2.38 bits per heavy atom. The van der Waals surface area contributed by atoms with E-state index in [4.69, 9.17) is 9.84 Å². The fourth-order valence-electron chi connectivity index (χ4n) is 2.37. The number of aliphatic carboxylic acids is 1. The van der Waals surface area contributed by atoms with E-state index < -0.39 is 22.6 Å². The van der Waals surface area contributed by atoms with Gasteiger partial charge in [0, 0.05) is 6.04 Å². The van der Waals surface area contributed by atoms with Crippen molar-refractivity contribution in [1.29, 1.82) is 0 Å². The number of rotatable bonds is 6. The third kappa shape index (κ3) is 4.71. The highest BCUT2D eigenvalue weighted by atomic mass is 32.2. The average molecular weight is 313 g/mol. The summed E-state index contributed by atoms with van der Waals surface area (Å²) in [6.45, 7) is -0.452. The van der Waals surface area contributed by atoms with E-state index >= 15 is 0 Å². The summed E-state index contributed by atoms with van der Waals surface area (Å²) in [4.78, 5) is 10.6. The summed E-state index contributed by atoms with van der Waals surface area (Å²) in [7, 11) is -3.53. The Morgan fingerprint density at radius 1 is 1.19 bits per heavy atom. The molecule has 2 N–H and O–H groups in total. The lowest BCUT2D eigenvalue weighted by Crippen LogP contribution is -2.36. The highest BCUT2D eigenvalue weighted by Gasteiger charge is 2.21. The maximum absolute atomic E-state index is 12.2. The monoisotopic (exact) mass is 313 g/mol. The molecule has 0 spiro atoms. The summed E-state index contributed by atoms with van der Waals surface area (Å²) in [5.41, 5.74) is 0. The van der Waals surface area contributed by atoms with Crippen LogP contribution in [-0.2, 0) is 14.8 Å². The van der Waals surface area contributed by atoms with E-state index in [1.54, 1.807) is 0 Å². The SMILES string of the molecule is O=C(O)COc1ccc(S(=O)(=O)NC2CCCCC2)cc1. The van der Waals surface area contributed by atoms with Crippen molar-refractivity contribution in [3.05, 3.63) is 24.3 Å². The Morgan fingerprint density at radius 2 is 1.81 bits per heavy atom. The van der Waals surface area contributed by atoms with Crippen LogP contribution >= 0.6 is 0 Å². The first-order chi connectivity index (χ1) is 9.97. The maximum Gasteiger partial charge on any atom is 0.341 e. The van der Waals surface area contributed by atoms with Crippen LogP contribution in [0, 0.1) is 0 Å². The number of carboxylic acid groups (broad SMARTS) is 1. The summed E-state index contributed by atoms with van der Waals surface area (Å²) >= 11 is 0. The predicted octanol–water partition coefficient (Wildman–Crippen LogP) is 1.76. The minimum Gasteiger partial charge on any atom is -0.482 e. The van der Waals surface area contributed by atoms with Gasteiger partial charge in [0.15, 0.2) is 6.61 Å². The van der Waals surface area contributed by atoms with Gasteiger partial charge in [0.1, 0.15) is 5.75 Å². The molecule has 1 saturated carbocycles. The Hall–Kier alpha value is -1.60. The Labute approximate surface area is 124 Å². The molecule has 1 aromatic rings. The molecule has 6 nitrogen and oxygen atoms in total. The Balaban J connectivity index is 2.00. The van der Waals surface area contributed by atoms with Crippen molar-refractivity contribution in [2.45, 2.75) is 43.0 Å². The number of carboxylic acids is 1. The van der Waals surface area contributed by atoms with Gasteiger partial charge in [0.05, 0.1) is 4.90 Å². The fraction of sp³-hybridized carbons (Fsp3) is 0.500. The maximum atomic E-state index is 12.2. The molecular weight excluding hydrogens is 294 g/mol. The predicted molar refractivity (Wildman–Crippen MR) is 76.8 cm³/mol. The lowest BCUT2D eigenvalue weighted by molar-refractivity contribution is -0.139. The van der Waals surface area contributed by atoms with Crippen molar-refractivity contribution in [3.63, 3.8) is 0 Å². The molecule has 0 saturated heterocycles. The van der Waals surface area contributed by atoms with E-state index in [2.05, 4.69) is 4.72 Å². The van der Waals surface area contributed by atoms with E-state index in [0.29, 0.717) is 5.75 Å². The van der Waals surface area contributed by atoms with Gasteiger partial charge in [0.2, 0.25) is 10.0 Å². The number of hydrogen-bond acceptors (Lipinski definition) is 4. The molecule has 1 aliphatic carbocycles. The molecule has 2 rings (SSSR count). The zero-order valence-electron chi connectivity index (χ0n) is 11.6. The second-order valence-electron chi connectivity index (χ2n) is 5.11. The van der Waals surface area contributed by atoms with Crippen LogP contribution in [-0.4, -0.2) is 32.1 Å². The van der Waals surface area contributed by atoms with Gasteiger partial charge in [-0.2, -0.15) is 0 Å². The zero-order chi connectivity index (χ0) is 15.3. The van der Waals surface area contributed by atoms with Crippen molar-refractivity contribution in [1.82, 2.24) is 4.72 Å². The molecular formula is C14H19NO5S. The molecule has 0 atom stereocenters. The Kier molecular flexibility index (Phi) is 5.19. The molecule has 0 unspecified atom stereocenters. The van der Waals surface area contributed by atoms with Crippen LogP contribution in [0.3, 0.4) is 0 Å². The lowest BCUT2D eigenvalue weighted by atomic mass is 9.96. The summed E-state index contributed by atoms with van der Waals surface area (Å²) in [5.74, 6) is -0.750. The van der Waals surface area contributed by atoms with Crippen molar-refractivity contribution >= 4 is 16.0 Å². The number of sulfonamides is 1. The molecule has 0 amide bonds. The molecule has 21 heavy (non-hydrogen) atoms. The molecule has 1 aromatic carbocycles. The second kappa shape index (κ2) is 6.91. The normalized spacial score (nSPS) is 16.6. The first kappa shape index (κ1) is 15.8. The molecule has 0 aliphatic heterocycles. The number of carbonyl (C=O) groups is 1. The van der Waals surface area contributed by atoms with Crippen LogP contribution < -0.4 is 9.46 Å². The molecule has 0 radical (unpaired) electrons. The quantitative estimate of drug-likeness (QED) is 0.835. The van der Waals surface area contributed by atoms with Crippen molar-refractivity contribution < 1.29 is 23.1 Å². The third-order valence-electron chi connectivity index (χ3n) is 3.42. The van der Waals surface area contributed by atoms with E-state index in [-0.39, 0.29) is 10.9 Å². The van der Waals surface area contributed by atoms with Gasteiger partial charge in [0.25, 0.3) is 0 Å². The fourth-order valence-corrected chi connectivity index (χ4v) is 3.67. The third-order valence-corrected chi connectivity index (χ3v) is 4.96. The minimum absolute atomic E-state index is 0.00619. The summed E-state index contributed by atoms with van der Waals surface area (Å²) < 4.78 is 32.2. The molecule has 0 heterocycles. The average Bonchev–Trinajstić information content (AvgIpc) is 2.46. The van der Waals surface area contributed by atoms with Crippen LogP contribution in [0.2, 0.25) is 0 Å². The number of hydrogen-bond donors (Lipinski definition) is 2. The van der Waals surface area contributed by atoms with Crippen LogP contribution in [0.15, 0.2) is 29.2 Å². The van der Waals surface area contributed by atoms with Gasteiger partial charge in [-0.3, -0.25) is 0 Å². The second-order valence-corrected chi connectivity index (χ2v) is 6.82. The molecule has 116 valence electrons. The number of benzene rings is 1. The molecule has 7 heteroatoms. The van der Waals surface area contributed by atoms with Crippen molar-refractivity contribution in [3.8, 4) is 5.75 Å². The van der Waals surface area contributed by atoms with Crippen LogP contribution in [0.1, 0.15) is 32.1 Å². The first-order valence-corrected chi connectivity index (χ1v) is 8.43. The lowest BCUT2D eigenvalue weighted by Gasteiger charge is -2.22. The van der Waals surface area contributed by atoms with Crippen LogP contribution in [0.4, 0.5) is 0 Å².